The van der Waals surface area contributed by atoms with Crippen molar-refractivity contribution in [2.75, 3.05) is 26.4 Å². The Morgan fingerprint density at radius 1 is 1.15 bits per heavy atom. The Morgan fingerprint density at radius 2 is 1.92 bits per heavy atom. The van der Waals surface area contributed by atoms with Gasteiger partial charge in [-0.05, 0) is 11.6 Å². The number of ether oxygens (including phenoxy) is 2. The van der Waals surface area contributed by atoms with Crippen LogP contribution in [0.2, 0.25) is 0 Å². The molecular weight excluding hydrogens is 330 g/mol. The van der Waals surface area contributed by atoms with Gasteiger partial charge in [0.25, 0.3) is 0 Å². The molecule has 0 spiro atoms. The zero-order valence-electron chi connectivity index (χ0n) is 14.8. The maximum absolute atomic E-state index is 11.1. The first-order valence-corrected chi connectivity index (χ1v) is 9.00. The molecule has 1 heterocycles. The number of morpholine rings is 1. The Kier molecular flexibility index (Phi) is 6.63. The lowest BCUT2D eigenvalue weighted by atomic mass is 10.1. The summed E-state index contributed by atoms with van der Waals surface area (Å²) in [4.78, 5) is 13.3. The number of carbonyl (C=O) groups is 1. The number of rotatable bonds is 8. The van der Waals surface area contributed by atoms with Crippen LogP contribution >= 0.6 is 0 Å². The van der Waals surface area contributed by atoms with Crippen LogP contribution in [0.5, 0.6) is 5.75 Å². The van der Waals surface area contributed by atoms with E-state index in [-0.39, 0.29) is 12.5 Å². The first-order chi connectivity index (χ1) is 12.7. The maximum Gasteiger partial charge on any atom is 0.305 e. The number of carboxylic acids is 1. The average Bonchev–Trinajstić information content (AvgIpc) is 2.65. The van der Waals surface area contributed by atoms with Crippen LogP contribution in [-0.4, -0.2) is 48.4 Å². The lowest BCUT2D eigenvalue weighted by Crippen LogP contribution is -2.45. The van der Waals surface area contributed by atoms with E-state index < -0.39 is 5.97 Å². The second-order valence-corrected chi connectivity index (χ2v) is 6.49. The van der Waals surface area contributed by atoms with Crippen molar-refractivity contribution in [2.24, 2.45) is 0 Å². The Hall–Kier alpha value is -2.37. The minimum atomic E-state index is -0.794. The zero-order chi connectivity index (χ0) is 18.2. The van der Waals surface area contributed by atoms with Crippen LogP contribution in [0.4, 0.5) is 0 Å². The largest absolute Gasteiger partial charge is 0.493 e. The van der Waals surface area contributed by atoms with E-state index in [4.69, 9.17) is 14.6 Å². The van der Waals surface area contributed by atoms with E-state index in [0.717, 1.165) is 24.3 Å². The molecule has 1 unspecified atom stereocenters. The van der Waals surface area contributed by atoms with Gasteiger partial charge in [-0.25, -0.2) is 0 Å². The van der Waals surface area contributed by atoms with Crippen molar-refractivity contribution in [1.29, 1.82) is 0 Å². The summed E-state index contributed by atoms with van der Waals surface area (Å²) in [5.74, 6) is 0.0712. The van der Waals surface area contributed by atoms with Crippen LogP contribution in [0.15, 0.2) is 54.6 Å². The minimum Gasteiger partial charge on any atom is -0.493 e. The van der Waals surface area contributed by atoms with Crippen molar-refractivity contribution >= 4 is 5.97 Å². The summed E-state index contributed by atoms with van der Waals surface area (Å²) in [6, 6.07) is 18.2. The predicted octanol–water partition coefficient (Wildman–Crippen LogP) is 2.98. The monoisotopic (exact) mass is 355 g/mol. The Bertz CT molecular complexity index is 704. The molecule has 0 bridgehead atoms. The molecule has 1 saturated heterocycles. The molecule has 0 aromatic heterocycles. The summed E-state index contributed by atoms with van der Waals surface area (Å²) < 4.78 is 11.5. The summed E-state index contributed by atoms with van der Waals surface area (Å²) in [7, 11) is 0. The van der Waals surface area contributed by atoms with Gasteiger partial charge >= 0.3 is 5.97 Å². The molecule has 1 aliphatic rings. The third-order valence-corrected chi connectivity index (χ3v) is 4.60. The second kappa shape index (κ2) is 9.36. The highest BCUT2D eigenvalue weighted by atomic mass is 16.5. The lowest BCUT2D eigenvalue weighted by Gasteiger charge is -2.35. The summed E-state index contributed by atoms with van der Waals surface area (Å²) in [5.41, 5.74) is 2.33. The van der Waals surface area contributed by atoms with E-state index in [1.54, 1.807) is 0 Å². The normalized spacial score (nSPS) is 17.8. The highest BCUT2D eigenvalue weighted by Gasteiger charge is 2.26. The fourth-order valence-corrected chi connectivity index (χ4v) is 3.20. The van der Waals surface area contributed by atoms with Gasteiger partial charge < -0.3 is 14.6 Å². The topological polar surface area (TPSA) is 59.0 Å². The molecule has 0 aliphatic carbocycles. The third-order valence-electron chi connectivity index (χ3n) is 4.60. The van der Waals surface area contributed by atoms with Gasteiger partial charge in [0, 0.05) is 31.1 Å². The number of para-hydroxylation sites is 1. The van der Waals surface area contributed by atoms with Crippen LogP contribution in [-0.2, 0) is 22.5 Å². The van der Waals surface area contributed by atoms with Gasteiger partial charge in [0.1, 0.15) is 5.75 Å². The van der Waals surface area contributed by atoms with Gasteiger partial charge in [-0.15, -0.1) is 0 Å². The molecule has 1 N–H and O–H groups in total. The number of hydrogen-bond acceptors (Lipinski definition) is 4. The molecule has 26 heavy (non-hydrogen) atoms. The summed E-state index contributed by atoms with van der Waals surface area (Å²) in [6.45, 7) is 3.11. The van der Waals surface area contributed by atoms with Crippen LogP contribution < -0.4 is 4.74 Å². The Labute approximate surface area is 154 Å². The quantitative estimate of drug-likeness (QED) is 0.789. The summed E-state index contributed by atoms with van der Waals surface area (Å²) in [5, 5.41) is 9.12. The smallest absolute Gasteiger partial charge is 0.305 e. The Balaban J connectivity index is 1.61. The standard InChI is InChI=1S/C21H25NO4/c23-21(24)14-19-16-25-13-11-22(19)15-18-8-4-5-9-20(18)26-12-10-17-6-2-1-3-7-17/h1-9,19H,10-16H2,(H,23,24). The van der Waals surface area contributed by atoms with Crippen LogP contribution in [0, 0.1) is 0 Å². The molecule has 2 aromatic carbocycles. The van der Waals surface area contributed by atoms with Crippen LogP contribution in [0.25, 0.3) is 0 Å². The molecule has 1 fully saturated rings. The molecule has 1 atom stereocenters. The van der Waals surface area contributed by atoms with Gasteiger partial charge in [0.05, 0.1) is 26.2 Å². The van der Waals surface area contributed by atoms with Crippen molar-refractivity contribution in [3.8, 4) is 5.75 Å². The first-order valence-electron chi connectivity index (χ1n) is 9.00. The van der Waals surface area contributed by atoms with E-state index >= 15 is 0 Å². The first kappa shape index (κ1) is 18.4. The van der Waals surface area contributed by atoms with E-state index in [1.165, 1.54) is 5.56 Å². The number of hydrogen-bond donors (Lipinski definition) is 1. The van der Waals surface area contributed by atoms with Crippen molar-refractivity contribution in [3.63, 3.8) is 0 Å². The van der Waals surface area contributed by atoms with Gasteiger partial charge in [-0.3, -0.25) is 9.69 Å². The fourth-order valence-electron chi connectivity index (χ4n) is 3.20. The van der Waals surface area contributed by atoms with Crippen molar-refractivity contribution in [3.05, 3.63) is 65.7 Å². The molecule has 5 heteroatoms. The van der Waals surface area contributed by atoms with E-state index in [0.29, 0.717) is 26.4 Å². The highest BCUT2D eigenvalue weighted by Crippen LogP contribution is 2.23. The number of nitrogens with zero attached hydrogens (tertiary/aromatic N) is 1. The molecule has 3 rings (SSSR count). The Morgan fingerprint density at radius 3 is 2.73 bits per heavy atom. The zero-order valence-corrected chi connectivity index (χ0v) is 14.8. The molecular formula is C21H25NO4. The second-order valence-electron chi connectivity index (χ2n) is 6.49. The lowest BCUT2D eigenvalue weighted by molar-refractivity contribution is -0.140. The van der Waals surface area contributed by atoms with Gasteiger partial charge in [0.2, 0.25) is 0 Å². The van der Waals surface area contributed by atoms with Gasteiger partial charge in [-0.2, -0.15) is 0 Å². The maximum atomic E-state index is 11.1. The number of benzene rings is 2. The number of carboxylic acid groups (broad SMARTS) is 1. The van der Waals surface area contributed by atoms with E-state index in [2.05, 4.69) is 17.0 Å². The van der Waals surface area contributed by atoms with Gasteiger partial charge in [-0.1, -0.05) is 48.5 Å². The molecule has 5 nitrogen and oxygen atoms in total. The van der Waals surface area contributed by atoms with Gasteiger partial charge in [0.15, 0.2) is 0 Å². The number of aliphatic carboxylic acids is 1. The summed E-state index contributed by atoms with van der Waals surface area (Å²) in [6.07, 6.45) is 0.950. The molecule has 0 saturated carbocycles. The van der Waals surface area contributed by atoms with Crippen molar-refractivity contribution in [1.82, 2.24) is 4.90 Å². The third kappa shape index (κ3) is 5.31. The molecule has 1 aliphatic heterocycles. The average molecular weight is 355 g/mol. The predicted molar refractivity (Wildman–Crippen MR) is 99.4 cm³/mol. The van der Waals surface area contributed by atoms with Crippen LogP contribution in [0.3, 0.4) is 0 Å². The highest BCUT2D eigenvalue weighted by molar-refractivity contribution is 5.67. The molecule has 138 valence electrons. The molecule has 0 radical (unpaired) electrons. The summed E-state index contributed by atoms with van der Waals surface area (Å²) >= 11 is 0. The molecule has 0 amide bonds. The SMILES string of the molecule is O=C(O)CC1COCCN1Cc1ccccc1OCCc1ccccc1. The molecule has 2 aromatic rings. The van der Waals surface area contributed by atoms with Crippen LogP contribution in [0.1, 0.15) is 17.5 Å². The minimum absolute atomic E-state index is 0.0943. The van der Waals surface area contributed by atoms with Crippen molar-refractivity contribution in [2.45, 2.75) is 25.4 Å². The van der Waals surface area contributed by atoms with Crippen molar-refractivity contribution < 1.29 is 19.4 Å². The van der Waals surface area contributed by atoms with E-state index in [9.17, 15) is 4.79 Å². The van der Waals surface area contributed by atoms with E-state index in [1.807, 2.05) is 42.5 Å². The fraction of sp³-hybridized carbons (Fsp3) is 0.381.